The van der Waals surface area contributed by atoms with Gasteiger partial charge in [0, 0.05) is 11.9 Å². The number of nitrogens with zero attached hydrogens (tertiary/aromatic N) is 1. The van der Waals surface area contributed by atoms with E-state index in [0.29, 0.717) is 18.7 Å². The zero-order chi connectivity index (χ0) is 14.5. The molecule has 0 saturated heterocycles. The first-order valence-electron chi connectivity index (χ1n) is 5.36. The van der Waals surface area contributed by atoms with Crippen molar-refractivity contribution in [1.82, 2.24) is 0 Å². The third-order valence-electron chi connectivity index (χ3n) is 2.21. The van der Waals surface area contributed by atoms with E-state index in [0.717, 1.165) is 18.2 Å². The van der Waals surface area contributed by atoms with E-state index < -0.39 is 26.5 Å². The summed E-state index contributed by atoms with van der Waals surface area (Å²) in [5.41, 5.74) is -0.820. The van der Waals surface area contributed by atoms with E-state index in [9.17, 15) is 22.9 Å². The van der Waals surface area contributed by atoms with Crippen LogP contribution in [0.25, 0.3) is 0 Å². The highest BCUT2D eigenvalue weighted by Crippen LogP contribution is 2.22. The zero-order valence-corrected chi connectivity index (χ0v) is 11.4. The Morgan fingerprint density at radius 2 is 2.05 bits per heavy atom. The van der Waals surface area contributed by atoms with Gasteiger partial charge in [-0.3, -0.25) is 14.8 Å². The zero-order valence-electron chi connectivity index (χ0n) is 9.80. The fraction of sp³-hybridized carbons (Fsp3) is 0.400. The minimum atomic E-state index is -3.62. The molecular weight excluding hydrogens is 299 g/mol. The summed E-state index contributed by atoms with van der Waals surface area (Å²) in [6.07, 6.45) is 0.925. The topological polar surface area (TPSA) is 89.3 Å². The van der Waals surface area contributed by atoms with E-state index >= 15 is 0 Å². The van der Waals surface area contributed by atoms with E-state index in [1.807, 2.05) is 0 Å². The molecule has 0 bridgehead atoms. The molecule has 0 aliphatic heterocycles. The lowest BCUT2D eigenvalue weighted by molar-refractivity contribution is -0.387. The molecule has 0 aromatic heterocycles. The number of unbranched alkanes of at least 4 members (excludes halogenated alkanes) is 1. The second-order valence-corrected chi connectivity index (χ2v) is 5.96. The highest BCUT2D eigenvalue weighted by molar-refractivity contribution is 7.92. The fourth-order valence-electron chi connectivity index (χ4n) is 1.33. The minimum Gasteiger partial charge on any atom is -0.283 e. The molecule has 9 heteroatoms. The minimum absolute atomic E-state index is 0.0426. The van der Waals surface area contributed by atoms with Crippen molar-refractivity contribution < 1.29 is 17.7 Å². The summed E-state index contributed by atoms with van der Waals surface area (Å²) >= 11 is 5.43. The van der Waals surface area contributed by atoms with Gasteiger partial charge < -0.3 is 0 Å². The molecule has 0 atom stereocenters. The lowest BCUT2D eigenvalue weighted by Crippen LogP contribution is -2.17. The number of hydrogen-bond donors (Lipinski definition) is 1. The SMILES string of the molecule is O=[N+]([O-])c1cc(NS(=O)(=O)CCCCCl)ccc1F. The van der Waals surface area contributed by atoms with Gasteiger partial charge >= 0.3 is 5.69 Å². The Kier molecular flexibility index (Phi) is 5.49. The first-order chi connectivity index (χ1) is 8.85. The Labute approximate surface area is 114 Å². The van der Waals surface area contributed by atoms with Crippen molar-refractivity contribution in [3.63, 3.8) is 0 Å². The standard InChI is InChI=1S/C10H12ClFN2O4S/c11-5-1-2-6-19(17,18)13-8-3-4-9(12)10(7-8)14(15)16/h3-4,7,13H,1-2,5-6H2. The van der Waals surface area contributed by atoms with Crippen LogP contribution in [-0.2, 0) is 10.0 Å². The highest BCUT2D eigenvalue weighted by Gasteiger charge is 2.17. The quantitative estimate of drug-likeness (QED) is 0.362. The summed E-state index contributed by atoms with van der Waals surface area (Å²) < 4.78 is 38.5. The molecule has 0 heterocycles. The molecule has 19 heavy (non-hydrogen) atoms. The molecule has 1 aromatic rings. The van der Waals surface area contributed by atoms with Crippen molar-refractivity contribution in [3.05, 3.63) is 34.1 Å². The molecule has 0 spiro atoms. The molecule has 1 aromatic carbocycles. The third-order valence-corrected chi connectivity index (χ3v) is 3.85. The fourth-order valence-corrected chi connectivity index (χ4v) is 2.69. The second-order valence-electron chi connectivity index (χ2n) is 3.74. The maximum absolute atomic E-state index is 13.1. The van der Waals surface area contributed by atoms with E-state index in [-0.39, 0.29) is 11.4 Å². The van der Waals surface area contributed by atoms with Crippen LogP contribution in [0, 0.1) is 15.9 Å². The summed E-state index contributed by atoms with van der Waals surface area (Å²) in [7, 11) is -3.62. The number of benzene rings is 1. The average molecular weight is 311 g/mol. The number of nitro benzene ring substituents is 1. The Balaban J connectivity index is 2.82. The van der Waals surface area contributed by atoms with Gasteiger partial charge in [-0.1, -0.05) is 0 Å². The van der Waals surface area contributed by atoms with Crippen molar-refractivity contribution in [1.29, 1.82) is 0 Å². The number of hydrogen-bond acceptors (Lipinski definition) is 4. The molecule has 0 amide bonds. The third kappa shape index (κ3) is 4.99. The van der Waals surface area contributed by atoms with Gasteiger partial charge in [0.15, 0.2) is 0 Å². The summed E-state index contributed by atoms with van der Waals surface area (Å²) in [6, 6.07) is 2.81. The van der Waals surface area contributed by atoms with Crippen molar-refractivity contribution in [3.8, 4) is 0 Å². The average Bonchev–Trinajstić information content (AvgIpc) is 2.31. The van der Waals surface area contributed by atoms with Gasteiger partial charge in [0.1, 0.15) is 0 Å². The smallest absolute Gasteiger partial charge is 0.283 e. The van der Waals surface area contributed by atoms with Crippen LogP contribution in [0.4, 0.5) is 15.8 Å². The molecule has 0 unspecified atom stereocenters. The van der Waals surface area contributed by atoms with Gasteiger partial charge in [0.05, 0.1) is 16.4 Å². The number of nitro groups is 1. The van der Waals surface area contributed by atoms with Gasteiger partial charge in [-0.2, -0.15) is 4.39 Å². The van der Waals surface area contributed by atoms with Crippen LogP contribution in [0.1, 0.15) is 12.8 Å². The predicted molar refractivity (Wildman–Crippen MR) is 70.4 cm³/mol. The molecule has 1 rings (SSSR count). The van der Waals surface area contributed by atoms with Crippen LogP contribution >= 0.6 is 11.6 Å². The van der Waals surface area contributed by atoms with Gasteiger partial charge in [-0.05, 0) is 25.0 Å². The van der Waals surface area contributed by atoms with Gasteiger partial charge in [0.25, 0.3) is 0 Å². The number of nitrogens with one attached hydrogen (secondary N) is 1. The molecule has 0 saturated carbocycles. The van der Waals surface area contributed by atoms with Crippen LogP contribution in [0.2, 0.25) is 0 Å². The van der Waals surface area contributed by atoms with Crippen LogP contribution in [0.5, 0.6) is 0 Å². The lowest BCUT2D eigenvalue weighted by atomic mass is 10.3. The van der Waals surface area contributed by atoms with Crippen molar-refractivity contribution >= 4 is 33.0 Å². The largest absolute Gasteiger partial charge is 0.306 e. The van der Waals surface area contributed by atoms with E-state index in [1.165, 1.54) is 0 Å². The maximum Gasteiger partial charge on any atom is 0.306 e. The number of rotatable bonds is 7. The van der Waals surface area contributed by atoms with Crippen molar-refractivity contribution in [2.45, 2.75) is 12.8 Å². The summed E-state index contributed by atoms with van der Waals surface area (Å²) in [4.78, 5) is 9.61. The van der Waals surface area contributed by atoms with Gasteiger partial charge in [-0.15, -0.1) is 11.6 Å². The Bertz CT molecular complexity index is 565. The number of alkyl halides is 1. The monoisotopic (exact) mass is 310 g/mol. The molecule has 1 N–H and O–H groups in total. The lowest BCUT2D eigenvalue weighted by Gasteiger charge is -2.07. The van der Waals surface area contributed by atoms with Crippen molar-refractivity contribution in [2.75, 3.05) is 16.4 Å². The van der Waals surface area contributed by atoms with Crippen LogP contribution in [0.15, 0.2) is 18.2 Å². The molecule has 0 radical (unpaired) electrons. The number of anilines is 1. The second kappa shape index (κ2) is 6.67. The van der Waals surface area contributed by atoms with E-state index in [2.05, 4.69) is 4.72 Å². The first-order valence-corrected chi connectivity index (χ1v) is 7.55. The summed E-state index contributed by atoms with van der Waals surface area (Å²) in [6.45, 7) is 0. The molecule has 6 nitrogen and oxygen atoms in total. The Morgan fingerprint density at radius 1 is 1.37 bits per heavy atom. The Hall–Kier alpha value is -1.41. The summed E-state index contributed by atoms with van der Waals surface area (Å²) in [5, 5.41) is 10.5. The van der Waals surface area contributed by atoms with Crippen LogP contribution in [0.3, 0.4) is 0 Å². The van der Waals surface area contributed by atoms with Crippen LogP contribution < -0.4 is 4.72 Å². The van der Waals surface area contributed by atoms with Crippen LogP contribution in [-0.4, -0.2) is 25.0 Å². The molecule has 0 aliphatic rings. The predicted octanol–water partition coefficient (Wildman–Crippen LogP) is 2.49. The Morgan fingerprint density at radius 3 is 2.63 bits per heavy atom. The van der Waals surface area contributed by atoms with Gasteiger partial charge in [-0.25, -0.2) is 8.42 Å². The van der Waals surface area contributed by atoms with E-state index in [1.54, 1.807) is 0 Å². The molecule has 106 valence electrons. The highest BCUT2D eigenvalue weighted by atomic mass is 35.5. The number of sulfonamides is 1. The first kappa shape index (κ1) is 15.6. The normalized spacial score (nSPS) is 11.3. The maximum atomic E-state index is 13.1. The van der Waals surface area contributed by atoms with Gasteiger partial charge in [0.2, 0.25) is 15.8 Å². The molecule has 0 fully saturated rings. The molecule has 0 aliphatic carbocycles. The van der Waals surface area contributed by atoms with E-state index in [4.69, 9.17) is 11.6 Å². The summed E-state index contributed by atoms with van der Waals surface area (Å²) in [5.74, 6) is -0.808. The van der Waals surface area contributed by atoms with Crippen molar-refractivity contribution in [2.24, 2.45) is 0 Å². The molecular formula is C10H12ClFN2O4S. The number of halogens is 2.